The molecule has 6 atom stereocenters. The lowest BCUT2D eigenvalue weighted by molar-refractivity contribution is -0.363. The quantitative estimate of drug-likeness (QED) is 0.370. The van der Waals surface area contributed by atoms with Gasteiger partial charge in [-0.15, -0.1) is 6.58 Å². The van der Waals surface area contributed by atoms with E-state index in [0.717, 1.165) is 17.2 Å². The highest BCUT2D eigenvalue weighted by molar-refractivity contribution is 5.74. The maximum absolute atomic E-state index is 12.8. The number of hydrogen-bond donors (Lipinski definition) is 1. The SMILES string of the molecule is C=CCC[C@]12O[C@H](C=O)[C@@](O)(C=C)[C@](C=O)(O1)[C@H](OCc1ccccc1)[C@H]2OCc1ccccc1. The van der Waals surface area contributed by atoms with E-state index in [0.29, 0.717) is 19.0 Å². The van der Waals surface area contributed by atoms with Gasteiger partial charge in [0.2, 0.25) is 0 Å². The molecule has 2 aromatic carbocycles. The van der Waals surface area contributed by atoms with Crippen molar-refractivity contribution in [3.8, 4) is 0 Å². The van der Waals surface area contributed by atoms with Crippen LogP contribution in [0.15, 0.2) is 86.0 Å². The summed E-state index contributed by atoms with van der Waals surface area (Å²) in [6.07, 6.45) is 0.929. The van der Waals surface area contributed by atoms with E-state index in [1.165, 1.54) is 0 Å². The molecule has 0 radical (unpaired) electrons. The third kappa shape index (κ3) is 4.30. The van der Waals surface area contributed by atoms with Gasteiger partial charge in [0.05, 0.1) is 13.2 Å². The second kappa shape index (κ2) is 10.4. The third-order valence-electron chi connectivity index (χ3n) is 6.71. The van der Waals surface area contributed by atoms with Gasteiger partial charge in [0.25, 0.3) is 0 Å². The summed E-state index contributed by atoms with van der Waals surface area (Å²) in [4.78, 5) is 24.9. The fraction of sp³-hybridized carbons (Fsp3) is 0.357. The van der Waals surface area contributed by atoms with Crippen LogP contribution in [0.5, 0.6) is 0 Å². The van der Waals surface area contributed by atoms with Crippen LogP contribution in [0, 0.1) is 0 Å². The summed E-state index contributed by atoms with van der Waals surface area (Å²) in [5.41, 5.74) is -2.43. The van der Waals surface area contributed by atoms with Crippen molar-refractivity contribution >= 4 is 12.6 Å². The highest BCUT2D eigenvalue weighted by atomic mass is 16.8. The molecule has 2 heterocycles. The first-order valence-electron chi connectivity index (χ1n) is 11.6. The Labute approximate surface area is 205 Å². The second-order valence-electron chi connectivity index (χ2n) is 8.79. The summed E-state index contributed by atoms with van der Waals surface area (Å²) in [5, 5.41) is 11.6. The summed E-state index contributed by atoms with van der Waals surface area (Å²) in [6.45, 7) is 7.74. The molecule has 0 spiro atoms. The lowest BCUT2D eigenvalue weighted by Gasteiger charge is -2.49. The smallest absolute Gasteiger partial charge is 0.200 e. The Kier molecular flexibility index (Phi) is 7.44. The van der Waals surface area contributed by atoms with E-state index in [1.807, 2.05) is 60.7 Å². The van der Waals surface area contributed by atoms with Crippen molar-refractivity contribution in [3.05, 3.63) is 97.1 Å². The van der Waals surface area contributed by atoms with Crippen molar-refractivity contribution in [1.82, 2.24) is 0 Å². The van der Waals surface area contributed by atoms with Crippen molar-refractivity contribution in [3.63, 3.8) is 0 Å². The molecular weight excluding hydrogens is 448 g/mol. The Hall–Kier alpha value is -2.94. The maximum Gasteiger partial charge on any atom is 0.200 e. The molecule has 184 valence electrons. The number of ether oxygens (including phenoxy) is 4. The van der Waals surface area contributed by atoms with Gasteiger partial charge >= 0.3 is 0 Å². The van der Waals surface area contributed by atoms with Gasteiger partial charge in [-0.25, -0.2) is 0 Å². The Morgan fingerprint density at radius 3 is 1.97 bits per heavy atom. The number of carbonyl (C=O) groups excluding carboxylic acids is 2. The minimum Gasteiger partial charge on any atom is -0.379 e. The van der Waals surface area contributed by atoms with Gasteiger partial charge in [0.15, 0.2) is 35.7 Å². The van der Waals surface area contributed by atoms with Crippen LogP contribution in [0.3, 0.4) is 0 Å². The number of rotatable bonds is 12. The number of allylic oxidation sites excluding steroid dienone is 1. The van der Waals surface area contributed by atoms with E-state index in [1.54, 1.807) is 6.08 Å². The van der Waals surface area contributed by atoms with Crippen LogP contribution in [0.4, 0.5) is 0 Å². The van der Waals surface area contributed by atoms with E-state index in [2.05, 4.69) is 13.2 Å². The second-order valence-corrected chi connectivity index (χ2v) is 8.79. The fourth-order valence-electron chi connectivity index (χ4n) is 4.88. The number of hydrogen-bond acceptors (Lipinski definition) is 7. The van der Waals surface area contributed by atoms with Gasteiger partial charge in [-0.1, -0.05) is 79.4 Å². The van der Waals surface area contributed by atoms with Crippen LogP contribution in [0.25, 0.3) is 0 Å². The van der Waals surface area contributed by atoms with Crippen molar-refractivity contribution in [2.45, 2.75) is 61.4 Å². The third-order valence-corrected chi connectivity index (χ3v) is 6.71. The number of benzene rings is 2. The van der Waals surface area contributed by atoms with Gasteiger partial charge in [0.1, 0.15) is 12.2 Å². The number of fused-ring (bicyclic) bond motifs is 2. The van der Waals surface area contributed by atoms with Crippen molar-refractivity contribution in [2.75, 3.05) is 0 Å². The fourth-order valence-corrected chi connectivity index (χ4v) is 4.88. The molecule has 2 aliphatic rings. The summed E-state index contributed by atoms with van der Waals surface area (Å²) in [5.74, 6) is -1.54. The normalized spacial score (nSPS) is 33.7. The molecule has 0 aromatic heterocycles. The zero-order valence-electron chi connectivity index (χ0n) is 19.5. The molecule has 2 bridgehead atoms. The predicted molar refractivity (Wildman–Crippen MR) is 128 cm³/mol. The lowest BCUT2D eigenvalue weighted by atomic mass is 9.76. The van der Waals surface area contributed by atoms with Crippen LogP contribution in [0.2, 0.25) is 0 Å². The highest BCUT2D eigenvalue weighted by Gasteiger charge is 2.77. The molecule has 7 nitrogen and oxygen atoms in total. The first-order valence-corrected chi connectivity index (χ1v) is 11.6. The summed E-state index contributed by atoms with van der Waals surface area (Å²) < 4.78 is 25.0. The van der Waals surface area contributed by atoms with E-state index in [-0.39, 0.29) is 19.6 Å². The van der Waals surface area contributed by atoms with Gasteiger partial charge in [0, 0.05) is 6.42 Å². The average molecular weight is 479 g/mol. The Morgan fingerprint density at radius 2 is 1.49 bits per heavy atom. The molecule has 35 heavy (non-hydrogen) atoms. The molecule has 0 aliphatic carbocycles. The Morgan fingerprint density at radius 1 is 0.914 bits per heavy atom. The highest BCUT2D eigenvalue weighted by Crippen LogP contribution is 2.55. The largest absolute Gasteiger partial charge is 0.379 e. The average Bonchev–Trinajstić information content (AvgIpc) is 3.15. The molecular formula is C28H30O7. The Balaban J connectivity index is 1.79. The number of aliphatic hydroxyl groups is 1. The van der Waals surface area contributed by atoms with Gasteiger partial charge < -0.3 is 28.8 Å². The maximum atomic E-state index is 12.8. The number of aldehydes is 2. The van der Waals surface area contributed by atoms with Gasteiger partial charge in [-0.3, -0.25) is 4.79 Å². The molecule has 1 N–H and O–H groups in total. The monoisotopic (exact) mass is 478 g/mol. The first kappa shape index (κ1) is 25.2. The molecule has 7 heteroatoms. The lowest BCUT2D eigenvalue weighted by Crippen LogP contribution is -2.70. The van der Waals surface area contributed by atoms with Gasteiger partial charge in [-0.05, 0) is 17.5 Å². The summed E-state index contributed by atoms with van der Waals surface area (Å²) in [7, 11) is 0. The van der Waals surface area contributed by atoms with E-state index in [9.17, 15) is 14.7 Å². The number of carbonyl (C=O) groups is 2. The van der Waals surface area contributed by atoms with Crippen LogP contribution < -0.4 is 0 Å². The molecule has 2 aromatic rings. The molecule has 0 unspecified atom stereocenters. The molecule has 0 amide bonds. The molecule has 2 saturated heterocycles. The molecule has 4 rings (SSSR count). The first-order chi connectivity index (χ1) is 17.0. The van der Waals surface area contributed by atoms with E-state index < -0.39 is 35.3 Å². The molecule has 0 saturated carbocycles. The minimum atomic E-state index is -2.18. The van der Waals surface area contributed by atoms with E-state index >= 15 is 0 Å². The van der Waals surface area contributed by atoms with Crippen molar-refractivity contribution < 1.29 is 33.6 Å². The predicted octanol–water partition coefficient (Wildman–Crippen LogP) is 3.30. The van der Waals surface area contributed by atoms with Crippen LogP contribution >= 0.6 is 0 Å². The Bertz CT molecular complexity index is 1040. The zero-order valence-corrected chi connectivity index (χ0v) is 19.5. The van der Waals surface area contributed by atoms with Crippen molar-refractivity contribution in [2.24, 2.45) is 0 Å². The molecule has 2 aliphatic heterocycles. The van der Waals surface area contributed by atoms with Crippen molar-refractivity contribution in [1.29, 1.82) is 0 Å². The topological polar surface area (TPSA) is 91.3 Å². The van der Waals surface area contributed by atoms with E-state index in [4.69, 9.17) is 18.9 Å². The minimum absolute atomic E-state index is 0.117. The van der Waals surface area contributed by atoms with Gasteiger partial charge in [-0.2, -0.15) is 0 Å². The van der Waals surface area contributed by atoms with Crippen LogP contribution in [-0.2, 0) is 41.8 Å². The summed E-state index contributed by atoms with van der Waals surface area (Å²) >= 11 is 0. The standard InChI is InChI=1S/C28H30O7/c1-3-5-16-28-25(33-19-22-14-10-7-11-15-22)24(32-18-21-12-8-6-9-13-21)27(20-30,35-28)26(31,4-2)23(17-29)34-28/h3-4,6-15,17,20,23-25,31H,1-2,5,16,18-19H2/t23-,24-,25-,26+,27-,28+/m1/s1. The summed E-state index contributed by atoms with van der Waals surface area (Å²) in [6, 6.07) is 18.9. The zero-order chi connectivity index (χ0) is 24.9. The van der Waals surface area contributed by atoms with Crippen LogP contribution in [-0.4, -0.2) is 53.0 Å². The van der Waals surface area contributed by atoms with Crippen LogP contribution in [0.1, 0.15) is 24.0 Å². The molecule has 2 fully saturated rings.